The van der Waals surface area contributed by atoms with Gasteiger partial charge < -0.3 is 5.11 Å². The van der Waals surface area contributed by atoms with E-state index in [1.54, 1.807) is 6.92 Å². The molecule has 0 N–H and O–H groups in total. The van der Waals surface area contributed by atoms with Crippen LogP contribution in [0, 0.1) is 0 Å². The average molecular weight is 90.1 g/mol. The smallest absolute Gasteiger partial charge is 0.851 e. The van der Waals surface area contributed by atoms with Crippen LogP contribution < -0.4 is 24.0 Å². The Hall–Kier alpha value is 0.0774. The molecule has 0 aromatic heterocycles. The topological polar surface area (TPSA) is 23.1 Å². The minimum Gasteiger partial charge on any atom is -0.851 e. The van der Waals surface area contributed by atoms with Gasteiger partial charge in [0, 0.05) is 0 Å². The van der Waals surface area contributed by atoms with Gasteiger partial charge in [-0.25, -0.2) is 0 Å². The van der Waals surface area contributed by atoms with Crippen molar-refractivity contribution in [2.75, 3.05) is 6.61 Å². The summed E-state index contributed by atoms with van der Waals surface area (Å²) in [6.07, 6.45) is 0. The molecule has 0 atom stereocenters. The van der Waals surface area contributed by atoms with Gasteiger partial charge in [-0.15, -0.1) is 12.3 Å². The van der Waals surface area contributed by atoms with Gasteiger partial charge in [0.05, 0.1) is 0 Å². The van der Waals surface area contributed by atoms with E-state index in [2.05, 4.69) is 12.3 Å². The van der Waals surface area contributed by atoms with Crippen LogP contribution in [-0.4, -0.2) is 6.61 Å². The zero-order valence-corrected chi connectivity index (χ0v) is 4.82. The first-order valence-corrected chi connectivity index (χ1v) is 1.75. The standard InChI is InChI=1S/C5H7O.Li/c1-3-5(2)4-6;/h1,4H2,2H3;/q-1;+1. The van der Waals surface area contributed by atoms with Crippen molar-refractivity contribution in [1.82, 2.24) is 0 Å². The van der Waals surface area contributed by atoms with Gasteiger partial charge >= 0.3 is 18.9 Å². The molecular formula is C5H7LiO. The summed E-state index contributed by atoms with van der Waals surface area (Å²) in [5.74, 6) is 0. The maximum Gasteiger partial charge on any atom is 1.00 e. The van der Waals surface area contributed by atoms with Crippen LogP contribution in [0.3, 0.4) is 0 Å². The van der Waals surface area contributed by atoms with Gasteiger partial charge in [0.25, 0.3) is 0 Å². The fourth-order valence-electron chi connectivity index (χ4n) is 0.0510. The summed E-state index contributed by atoms with van der Waals surface area (Å²) < 4.78 is 0. The number of hydrogen-bond donors (Lipinski definition) is 0. The predicted molar refractivity (Wildman–Crippen MR) is 23.2 cm³/mol. The number of hydrogen-bond acceptors (Lipinski definition) is 1. The second kappa shape index (κ2) is 6.08. The summed E-state index contributed by atoms with van der Waals surface area (Å²) in [6, 6.07) is 0. The SMILES string of the molecule is C=C=C(C)C[O-].[Li+]. The summed E-state index contributed by atoms with van der Waals surface area (Å²) in [7, 11) is 0. The fourth-order valence-corrected chi connectivity index (χ4v) is 0.0510. The van der Waals surface area contributed by atoms with Crippen LogP contribution in [0.2, 0.25) is 0 Å². The molecule has 1 nitrogen and oxygen atoms in total. The zero-order chi connectivity index (χ0) is 4.99. The van der Waals surface area contributed by atoms with E-state index >= 15 is 0 Å². The molecule has 0 aromatic rings. The van der Waals surface area contributed by atoms with E-state index < -0.39 is 0 Å². The predicted octanol–water partition coefficient (Wildman–Crippen LogP) is -2.92. The molecule has 0 bridgehead atoms. The Bertz CT molecular complexity index is 82.1. The van der Waals surface area contributed by atoms with E-state index in [1.165, 1.54) is 0 Å². The molecule has 0 aliphatic carbocycles. The zero-order valence-electron chi connectivity index (χ0n) is 4.82. The molecule has 0 heterocycles. The molecule has 0 spiro atoms. The van der Waals surface area contributed by atoms with Crippen molar-refractivity contribution in [3.63, 3.8) is 0 Å². The van der Waals surface area contributed by atoms with Crippen molar-refractivity contribution in [3.8, 4) is 0 Å². The Morgan fingerprint density at radius 1 is 1.86 bits per heavy atom. The Morgan fingerprint density at radius 2 is 2.29 bits per heavy atom. The van der Waals surface area contributed by atoms with Crippen molar-refractivity contribution in [3.05, 3.63) is 17.9 Å². The normalized spacial score (nSPS) is 6.00. The van der Waals surface area contributed by atoms with E-state index in [0.29, 0.717) is 5.57 Å². The molecule has 0 rings (SSSR count). The van der Waals surface area contributed by atoms with Gasteiger partial charge in [0.15, 0.2) is 0 Å². The van der Waals surface area contributed by atoms with Gasteiger partial charge in [-0.1, -0.05) is 6.58 Å². The molecule has 0 aliphatic heterocycles. The maximum atomic E-state index is 9.72. The van der Waals surface area contributed by atoms with Crippen LogP contribution in [0.1, 0.15) is 6.92 Å². The van der Waals surface area contributed by atoms with E-state index in [-0.39, 0.29) is 25.5 Å². The van der Waals surface area contributed by atoms with E-state index in [1.807, 2.05) is 0 Å². The molecule has 34 valence electrons. The quantitative estimate of drug-likeness (QED) is 0.250. The molecule has 0 radical (unpaired) electrons. The second-order valence-electron chi connectivity index (χ2n) is 1.10. The Labute approximate surface area is 55.9 Å². The van der Waals surface area contributed by atoms with Crippen LogP contribution >= 0.6 is 0 Å². The summed E-state index contributed by atoms with van der Waals surface area (Å²) in [4.78, 5) is 0. The molecule has 0 fully saturated rings. The summed E-state index contributed by atoms with van der Waals surface area (Å²) in [6.45, 7) is 4.80. The van der Waals surface area contributed by atoms with Crippen molar-refractivity contribution in [2.24, 2.45) is 0 Å². The summed E-state index contributed by atoms with van der Waals surface area (Å²) in [5.41, 5.74) is 3.14. The third-order valence-corrected chi connectivity index (χ3v) is 0.518. The van der Waals surface area contributed by atoms with Crippen LogP contribution in [0.15, 0.2) is 17.9 Å². The minimum absolute atomic E-state index is 0. The van der Waals surface area contributed by atoms with Crippen LogP contribution in [0.4, 0.5) is 0 Å². The average Bonchev–Trinajstić information content (AvgIpc) is 1.65. The minimum atomic E-state index is -0.177. The molecule has 0 saturated carbocycles. The summed E-state index contributed by atoms with van der Waals surface area (Å²) >= 11 is 0. The Kier molecular flexibility index (Phi) is 8.80. The number of rotatable bonds is 1. The molecule has 0 aromatic carbocycles. The second-order valence-corrected chi connectivity index (χ2v) is 1.10. The monoisotopic (exact) mass is 90.1 g/mol. The molecule has 7 heavy (non-hydrogen) atoms. The van der Waals surface area contributed by atoms with Gasteiger partial charge in [-0.3, -0.25) is 0 Å². The first-order chi connectivity index (χ1) is 2.81. The van der Waals surface area contributed by atoms with Gasteiger partial charge in [-0.2, -0.15) is 0 Å². The van der Waals surface area contributed by atoms with Crippen LogP contribution in [0.25, 0.3) is 0 Å². The third-order valence-electron chi connectivity index (χ3n) is 0.518. The Balaban J connectivity index is 0. The van der Waals surface area contributed by atoms with Gasteiger partial charge in [0.2, 0.25) is 0 Å². The summed E-state index contributed by atoms with van der Waals surface area (Å²) in [5, 5.41) is 9.72. The molecule has 2 heteroatoms. The molecule has 0 unspecified atom stereocenters. The molecule has 0 aliphatic rings. The molecular weight excluding hydrogens is 83.0 g/mol. The van der Waals surface area contributed by atoms with Crippen LogP contribution in [0.5, 0.6) is 0 Å². The van der Waals surface area contributed by atoms with Gasteiger partial charge in [0.1, 0.15) is 0 Å². The largest absolute Gasteiger partial charge is 1.00 e. The van der Waals surface area contributed by atoms with Gasteiger partial charge in [-0.05, 0) is 12.5 Å². The van der Waals surface area contributed by atoms with E-state index in [9.17, 15) is 5.11 Å². The molecule has 0 amide bonds. The van der Waals surface area contributed by atoms with E-state index in [0.717, 1.165) is 0 Å². The van der Waals surface area contributed by atoms with Crippen LogP contribution in [-0.2, 0) is 0 Å². The fraction of sp³-hybridized carbons (Fsp3) is 0.400. The van der Waals surface area contributed by atoms with Crippen molar-refractivity contribution < 1.29 is 24.0 Å². The van der Waals surface area contributed by atoms with Crippen molar-refractivity contribution in [1.29, 1.82) is 0 Å². The van der Waals surface area contributed by atoms with E-state index in [4.69, 9.17) is 0 Å². The third kappa shape index (κ3) is 6.08. The first-order valence-electron chi connectivity index (χ1n) is 1.75. The Morgan fingerprint density at radius 3 is 2.29 bits per heavy atom. The molecule has 0 saturated heterocycles. The maximum absolute atomic E-state index is 9.72. The van der Waals surface area contributed by atoms with Crippen molar-refractivity contribution >= 4 is 0 Å². The first kappa shape index (κ1) is 10.1. The van der Waals surface area contributed by atoms with Crippen molar-refractivity contribution in [2.45, 2.75) is 6.92 Å².